The fourth-order valence-electron chi connectivity index (χ4n) is 1.77. The van der Waals surface area contributed by atoms with Crippen LogP contribution in [0.5, 0.6) is 0 Å². The van der Waals surface area contributed by atoms with Crippen molar-refractivity contribution in [2.75, 3.05) is 0 Å². The number of benzene rings is 1. The van der Waals surface area contributed by atoms with Crippen molar-refractivity contribution in [3.05, 3.63) is 41.2 Å². The summed E-state index contributed by atoms with van der Waals surface area (Å²) in [6.07, 6.45) is 2.95. The normalized spacial score (nSPS) is 17.1. The zero-order valence-corrected chi connectivity index (χ0v) is 8.14. The van der Waals surface area contributed by atoms with Crippen molar-refractivity contribution in [3.63, 3.8) is 0 Å². The van der Waals surface area contributed by atoms with Crippen molar-refractivity contribution in [1.29, 1.82) is 0 Å². The van der Waals surface area contributed by atoms with Crippen molar-refractivity contribution in [3.8, 4) is 0 Å². The molecule has 1 aliphatic carbocycles. The second-order valence-electron chi connectivity index (χ2n) is 3.28. The molecule has 0 N–H and O–H groups in total. The summed E-state index contributed by atoms with van der Waals surface area (Å²) in [5.74, 6) is -0.234. The highest BCUT2D eigenvalue weighted by Crippen LogP contribution is 2.32. The molecule has 72 valence electrons. The number of fused-ring (bicyclic) bond motifs is 1. The van der Waals surface area contributed by atoms with Gasteiger partial charge in [-0.15, -0.1) is 0 Å². The maximum absolute atomic E-state index is 12.8. The molecule has 3 heteroatoms. The van der Waals surface area contributed by atoms with E-state index in [9.17, 15) is 9.18 Å². The van der Waals surface area contributed by atoms with Crippen LogP contribution in [0.1, 0.15) is 17.5 Å². The molecule has 0 aliphatic heterocycles. The van der Waals surface area contributed by atoms with Gasteiger partial charge in [0.1, 0.15) is 5.82 Å². The molecule has 1 aliphatic rings. The predicted molar refractivity (Wildman–Crippen MR) is 53.6 cm³/mol. The summed E-state index contributed by atoms with van der Waals surface area (Å²) >= 11 is 5.27. The summed E-state index contributed by atoms with van der Waals surface area (Å²) in [4.78, 5) is 10.7. The van der Waals surface area contributed by atoms with Crippen LogP contribution in [-0.2, 0) is 11.2 Å². The van der Waals surface area contributed by atoms with E-state index in [1.807, 2.05) is 0 Å². The molecule has 1 nitrogen and oxygen atoms in total. The highest BCUT2D eigenvalue weighted by Gasteiger charge is 2.16. The van der Waals surface area contributed by atoms with Crippen LogP contribution in [0.4, 0.5) is 4.39 Å². The van der Waals surface area contributed by atoms with E-state index in [0.717, 1.165) is 29.5 Å². The van der Waals surface area contributed by atoms with Gasteiger partial charge in [-0.3, -0.25) is 4.79 Å². The van der Waals surface area contributed by atoms with Crippen LogP contribution in [0.15, 0.2) is 24.3 Å². The average molecular weight is 211 g/mol. The standard InChI is InChI=1S/C11H8ClFO/c12-11(14)6-8-2-1-7-5-9(13)3-4-10(7)8/h3-6H,1-2H2. The number of hydrogen-bond donors (Lipinski definition) is 0. The highest BCUT2D eigenvalue weighted by atomic mass is 35.5. The molecular weight excluding hydrogens is 203 g/mol. The van der Waals surface area contributed by atoms with Crippen molar-refractivity contribution in [1.82, 2.24) is 0 Å². The predicted octanol–water partition coefficient (Wildman–Crippen LogP) is 2.92. The molecule has 0 saturated heterocycles. The van der Waals surface area contributed by atoms with Gasteiger partial charge in [0.15, 0.2) is 0 Å². The molecule has 0 radical (unpaired) electrons. The minimum atomic E-state index is -0.475. The van der Waals surface area contributed by atoms with Gasteiger partial charge in [-0.05, 0) is 53.3 Å². The summed E-state index contributed by atoms with van der Waals surface area (Å²) in [6, 6.07) is 4.61. The minimum absolute atomic E-state index is 0.234. The Morgan fingerprint density at radius 3 is 2.93 bits per heavy atom. The second kappa shape index (κ2) is 3.54. The van der Waals surface area contributed by atoms with E-state index >= 15 is 0 Å². The molecule has 2 rings (SSSR count). The fourth-order valence-corrected chi connectivity index (χ4v) is 1.91. The van der Waals surface area contributed by atoms with Gasteiger partial charge in [-0.2, -0.15) is 0 Å². The molecule has 0 bridgehead atoms. The minimum Gasteiger partial charge on any atom is -0.276 e. The van der Waals surface area contributed by atoms with E-state index in [1.54, 1.807) is 6.07 Å². The van der Waals surface area contributed by atoms with E-state index < -0.39 is 5.24 Å². The van der Waals surface area contributed by atoms with Crippen molar-refractivity contribution >= 4 is 22.4 Å². The number of rotatable bonds is 1. The Balaban J connectivity index is 2.45. The number of hydrogen-bond acceptors (Lipinski definition) is 1. The lowest BCUT2D eigenvalue weighted by Crippen LogP contribution is -1.85. The van der Waals surface area contributed by atoms with Crippen molar-refractivity contribution in [2.24, 2.45) is 0 Å². The Kier molecular flexibility index (Phi) is 2.38. The third-order valence-electron chi connectivity index (χ3n) is 2.36. The number of halogens is 2. The van der Waals surface area contributed by atoms with Crippen LogP contribution in [0.2, 0.25) is 0 Å². The largest absolute Gasteiger partial charge is 0.276 e. The second-order valence-corrected chi connectivity index (χ2v) is 3.65. The number of allylic oxidation sites excluding steroid dienone is 2. The molecule has 14 heavy (non-hydrogen) atoms. The highest BCUT2D eigenvalue weighted by molar-refractivity contribution is 6.67. The third kappa shape index (κ3) is 1.70. The van der Waals surface area contributed by atoms with Crippen LogP contribution in [-0.4, -0.2) is 5.24 Å². The molecule has 0 amide bonds. The topological polar surface area (TPSA) is 17.1 Å². The van der Waals surface area contributed by atoms with Crippen molar-refractivity contribution in [2.45, 2.75) is 12.8 Å². The van der Waals surface area contributed by atoms with E-state index in [2.05, 4.69) is 0 Å². The first kappa shape index (κ1) is 9.41. The summed E-state index contributed by atoms with van der Waals surface area (Å²) < 4.78 is 12.8. The summed E-state index contributed by atoms with van der Waals surface area (Å²) in [6.45, 7) is 0. The molecule has 1 aromatic carbocycles. The maximum atomic E-state index is 12.8. The van der Waals surface area contributed by atoms with E-state index in [0.29, 0.717) is 0 Å². The first-order chi connectivity index (χ1) is 6.66. The molecule has 0 aromatic heterocycles. The first-order valence-corrected chi connectivity index (χ1v) is 4.73. The SMILES string of the molecule is O=C(Cl)C=C1CCc2cc(F)ccc21. The molecule has 0 spiro atoms. The Morgan fingerprint density at radius 2 is 2.21 bits per heavy atom. The zero-order valence-electron chi connectivity index (χ0n) is 7.39. The number of carbonyl (C=O) groups excluding carboxylic acids is 1. The van der Waals surface area contributed by atoms with E-state index in [-0.39, 0.29) is 5.82 Å². The quantitative estimate of drug-likeness (QED) is 0.515. The Bertz CT molecular complexity index is 423. The first-order valence-electron chi connectivity index (χ1n) is 4.35. The molecule has 0 atom stereocenters. The summed E-state index contributed by atoms with van der Waals surface area (Å²) in [7, 11) is 0. The Labute approximate surface area is 86.2 Å². The molecule has 0 heterocycles. The van der Waals surface area contributed by atoms with Crippen LogP contribution in [0, 0.1) is 5.82 Å². The fraction of sp³-hybridized carbons (Fsp3) is 0.182. The van der Waals surface area contributed by atoms with E-state index in [1.165, 1.54) is 18.2 Å². The molecular formula is C11H8ClFO. The van der Waals surface area contributed by atoms with Gasteiger partial charge in [-0.1, -0.05) is 6.07 Å². The Hall–Kier alpha value is -1.15. The van der Waals surface area contributed by atoms with Gasteiger partial charge in [0, 0.05) is 6.08 Å². The van der Waals surface area contributed by atoms with E-state index in [4.69, 9.17) is 11.6 Å². The van der Waals surface area contributed by atoms with Gasteiger partial charge < -0.3 is 0 Å². The monoisotopic (exact) mass is 210 g/mol. The molecule has 0 saturated carbocycles. The van der Waals surface area contributed by atoms with Gasteiger partial charge in [-0.25, -0.2) is 4.39 Å². The lowest BCUT2D eigenvalue weighted by molar-refractivity contribution is -0.107. The molecule has 0 unspecified atom stereocenters. The number of aryl methyl sites for hydroxylation is 1. The van der Waals surface area contributed by atoms with Gasteiger partial charge in [0.2, 0.25) is 5.24 Å². The van der Waals surface area contributed by atoms with Gasteiger partial charge in [0.25, 0.3) is 0 Å². The number of carbonyl (C=O) groups is 1. The van der Waals surface area contributed by atoms with Crippen molar-refractivity contribution < 1.29 is 9.18 Å². The van der Waals surface area contributed by atoms with Crippen LogP contribution in [0.25, 0.3) is 5.57 Å². The molecule has 0 fully saturated rings. The maximum Gasteiger partial charge on any atom is 0.245 e. The van der Waals surface area contributed by atoms with Crippen LogP contribution in [0.3, 0.4) is 0 Å². The lowest BCUT2D eigenvalue weighted by atomic mass is 10.1. The zero-order chi connectivity index (χ0) is 10.1. The summed E-state index contributed by atoms with van der Waals surface area (Å²) in [5.41, 5.74) is 2.80. The average Bonchev–Trinajstić information content (AvgIpc) is 2.47. The van der Waals surface area contributed by atoms with Gasteiger partial charge in [0.05, 0.1) is 0 Å². The van der Waals surface area contributed by atoms with Gasteiger partial charge >= 0.3 is 0 Å². The molecule has 1 aromatic rings. The lowest BCUT2D eigenvalue weighted by Gasteiger charge is -1.99. The van der Waals surface area contributed by atoms with Crippen LogP contribution < -0.4 is 0 Å². The van der Waals surface area contributed by atoms with Crippen LogP contribution >= 0.6 is 11.6 Å². The smallest absolute Gasteiger partial charge is 0.245 e. The Morgan fingerprint density at radius 1 is 1.43 bits per heavy atom. The third-order valence-corrected chi connectivity index (χ3v) is 2.47. The summed E-state index contributed by atoms with van der Waals surface area (Å²) in [5, 5.41) is -0.475.